The van der Waals surface area contributed by atoms with E-state index in [-0.39, 0.29) is 0 Å². The van der Waals surface area contributed by atoms with E-state index in [1.807, 2.05) is 0 Å². The molecule has 4 rings (SSSR count). The van der Waals surface area contributed by atoms with Crippen molar-refractivity contribution >= 4 is 0 Å². The lowest BCUT2D eigenvalue weighted by Gasteiger charge is -2.34. The predicted molar refractivity (Wildman–Crippen MR) is 73.6 cm³/mol. The van der Waals surface area contributed by atoms with Gasteiger partial charge in [-0.15, -0.1) is 0 Å². The summed E-state index contributed by atoms with van der Waals surface area (Å²) in [6, 6.07) is 9.90. The molecule has 2 heterocycles. The van der Waals surface area contributed by atoms with Crippen LogP contribution in [0.1, 0.15) is 36.3 Å². The largest absolute Gasteiger partial charge is 0.312 e. The van der Waals surface area contributed by atoms with Crippen LogP contribution in [0.25, 0.3) is 0 Å². The van der Waals surface area contributed by atoms with E-state index in [9.17, 15) is 0 Å². The summed E-state index contributed by atoms with van der Waals surface area (Å²) in [4.78, 5) is 2.77. The maximum absolute atomic E-state index is 3.58. The highest BCUT2D eigenvalue weighted by Gasteiger charge is 2.38. The predicted octanol–water partition coefficient (Wildman–Crippen LogP) is 2.36. The Bertz CT molecular complexity index is 442. The van der Waals surface area contributed by atoms with Gasteiger partial charge in [-0.1, -0.05) is 24.3 Å². The molecular formula is C16H22N2. The van der Waals surface area contributed by atoms with Crippen LogP contribution in [0.2, 0.25) is 0 Å². The molecule has 2 nitrogen and oxygen atoms in total. The third-order valence-electron chi connectivity index (χ3n) is 5.18. The molecule has 1 aromatic carbocycles. The standard InChI is InChI=1S/C16H22N2/c1-2-4-16-13(3-1)8-17-9-14(16)11-18-10-12-5-6-15(18)7-12/h1-4,12,14-15,17H,5-11H2. The second-order valence-electron chi connectivity index (χ2n) is 6.31. The lowest BCUT2D eigenvalue weighted by Crippen LogP contribution is -2.40. The molecule has 1 aromatic rings. The van der Waals surface area contributed by atoms with Gasteiger partial charge < -0.3 is 5.32 Å². The normalized spacial score (nSPS) is 34.8. The fraction of sp³-hybridized carbons (Fsp3) is 0.625. The highest BCUT2D eigenvalue weighted by atomic mass is 15.2. The van der Waals surface area contributed by atoms with E-state index in [2.05, 4.69) is 34.5 Å². The van der Waals surface area contributed by atoms with Crippen LogP contribution in [0.15, 0.2) is 24.3 Å². The van der Waals surface area contributed by atoms with E-state index in [0.717, 1.165) is 25.0 Å². The number of benzene rings is 1. The second kappa shape index (κ2) is 4.36. The molecule has 3 aliphatic rings. The fourth-order valence-electron chi connectivity index (χ4n) is 4.28. The van der Waals surface area contributed by atoms with Gasteiger partial charge in [-0.2, -0.15) is 0 Å². The Hall–Kier alpha value is -0.860. The van der Waals surface area contributed by atoms with Crippen LogP contribution in [0.5, 0.6) is 0 Å². The highest BCUT2D eigenvalue weighted by Crippen LogP contribution is 2.38. The lowest BCUT2D eigenvalue weighted by molar-refractivity contribution is 0.197. The zero-order chi connectivity index (χ0) is 11.9. The summed E-state index contributed by atoms with van der Waals surface area (Å²) in [6.45, 7) is 4.85. The smallest absolute Gasteiger partial charge is 0.0208 e. The number of fused-ring (bicyclic) bond motifs is 3. The van der Waals surface area contributed by atoms with E-state index in [0.29, 0.717) is 5.92 Å². The van der Waals surface area contributed by atoms with Gasteiger partial charge in [-0.05, 0) is 36.3 Å². The molecule has 2 fully saturated rings. The quantitative estimate of drug-likeness (QED) is 0.856. The van der Waals surface area contributed by atoms with Crippen molar-refractivity contribution in [1.82, 2.24) is 10.2 Å². The number of piperidine rings is 1. The van der Waals surface area contributed by atoms with Crippen molar-refractivity contribution in [2.24, 2.45) is 5.92 Å². The average molecular weight is 242 g/mol. The first-order valence-electron chi connectivity index (χ1n) is 7.43. The maximum atomic E-state index is 3.58. The van der Waals surface area contributed by atoms with Crippen molar-refractivity contribution in [3.05, 3.63) is 35.4 Å². The van der Waals surface area contributed by atoms with Gasteiger partial charge in [-0.25, -0.2) is 0 Å². The van der Waals surface area contributed by atoms with Gasteiger partial charge in [-0.3, -0.25) is 4.90 Å². The van der Waals surface area contributed by atoms with Crippen molar-refractivity contribution in [2.45, 2.75) is 37.8 Å². The van der Waals surface area contributed by atoms with E-state index in [4.69, 9.17) is 0 Å². The summed E-state index contributed by atoms with van der Waals surface area (Å²) < 4.78 is 0. The molecule has 1 N–H and O–H groups in total. The third-order valence-corrected chi connectivity index (χ3v) is 5.18. The topological polar surface area (TPSA) is 15.3 Å². The van der Waals surface area contributed by atoms with E-state index in [1.54, 1.807) is 5.56 Å². The minimum Gasteiger partial charge on any atom is -0.312 e. The summed E-state index contributed by atoms with van der Waals surface area (Å²) in [5.41, 5.74) is 3.11. The number of hydrogen-bond donors (Lipinski definition) is 1. The van der Waals surface area contributed by atoms with Crippen LogP contribution in [0.3, 0.4) is 0 Å². The molecule has 1 aliphatic carbocycles. The zero-order valence-corrected chi connectivity index (χ0v) is 10.9. The first-order chi connectivity index (χ1) is 8.90. The zero-order valence-electron chi connectivity index (χ0n) is 10.9. The molecule has 0 amide bonds. The first kappa shape index (κ1) is 11.0. The molecular weight excluding hydrogens is 220 g/mol. The third kappa shape index (κ3) is 1.79. The summed E-state index contributed by atoms with van der Waals surface area (Å²) >= 11 is 0. The van der Waals surface area contributed by atoms with Crippen LogP contribution >= 0.6 is 0 Å². The van der Waals surface area contributed by atoms with Crippen molar-refractivity contribution < 1.29 is 0 Å². The van der Waals surface area contributed by atoms with Crippen molar-refractivity contribution in [3.8, 4) is 0 Å². The minimum atomic E-state index is 0.703. The Morgan fingerprint density at radius 1 is 1.22 bits per heavy atom. The number of nitrogens with zero attached hydrogens (tertiary/aromatic N) is 1. The van der Waals surface area contributed by atoms with Crippen molar-refractivity contribution in [2.75, 3.05) is 19.6 Å². The van der Waals surface area contributed by atoms with Crippen LogP contribution in [0, 0.1) is 5.92 Å². The Morgan fingerprint density at radius 3 is 3.00 bits per heavy atom. The molecule has 2 bridgehead atoms. The van der Waals surface area contributed by atoms with Gasteiger partial charge in [0.15, 0.2) is 0 Å². The molecule has 3 unspecified atom stereocenters. The van der Waals surface area contributed by atoms with Crippen molar-refractivity contribution in [1.29, 1.82) is 0 Å². The Labute approximate surface area is 109 Å². The fourth-order valence-corrected chi connectivity index (χ4v) is 4.28. The molecule has 18 heavy (non-hydrogen) atoms. The molecule has 2 aliphatic heterocycles. The summed E-state index contributed by atoms with van der Waals surface area (Å²) in [5, 5.41) is 3.58. The molecule has 0 aromatic heterocycles. The first-order valence-corrected chi connectivity index (χ1v) is 7.43. The molecule has 0 spiro atoms. The van der Waals surface area contributed by atoms with E-state index >= 15 is 0 Å². The second-order valence-corrected chi connectivity index (χ2v) is 6.31. The Balaban J connectivity index is 1.53. The molecule has 3 atom stereocenters. The van der Waals surface area contributed by atoms with Gasteiger partial charge in [0, 0.05) is 38.1 Å². The van der Waals surface area contributed by atoms with Crippen LogP contribution in [-0.2, 0) is 6.54 Å². The molecule has 2 heteroatoms. The average Bonchev–Trinajstić information content (AvgIpc) is 3.01. The Kier molecular flexibility index (Phi) is 2.66. The number of rotatable bonds is 2. The molecule has 0 radical (unpaired) electrons. The highest BCUT2D eigenvalue weighted by molar-refractivity contribution is 5.33. The molecule has 1 saturated heterocycles. The van der Waals surface area contributed by atoms with Crippen LogP contribution in [-0.4, -0.2) is 30.6 Å². The van der Waals surface area contributed by atoms with Crippen LogP contribution in [0.4, 0.5) is 0 Å². The number of nitrogens with one attached hydrogen (secondary N) is 1. The van der Waals surface area contributed by atoms with Crippen molar-refractivity contribution in [3.63, 3.8) is 0 Å². The summed E-state index contributed by atoms with van der Waals surface area (Å²) in [7, 11) is 0. The SMILES string of the molecule is c1ccc2c(c1)CNCC2CN1CC2CCC1C2. The molecule has 96 valence electrons. The Morgan fingerprint density at radius 2 is 2.17 bits per heavy atom. The van der Waals surface area contributed by atoms with E-state index < -0.39 is 0 Å². The minimum absolute atomic E-state index is 0.703. The lowest BCUT2D eigenvalue weighted by atomic mass is 9.90. The summed E-state index contributed by atoms with van der Waals surface area (Å²) in [6.07, 6.45) is 4.41. The van der Waals surface area contributed by atoms with E-state index in [1.165, 1.54) is 37.9 Å². The maximum Gasteiger partial charge on any atom is 0.0208 e. The number of hydrogen-bond acceptors (Lipinski definition) is 2. The van der Waals surface area contributed by atoms with Gasteiger partial charge >= 0.3 is 0 Å². The van der Waals surface area contributed by atoms with Gasteiger partial charge in [0.05, 0.1) is 0 Å². The number of likely N-dealkylation sites (tertiary alicyclic amines) is 1. The van der Waals surface area contributed by atoms with Gasteiger partial charge in [0.1, 0.15) is 0 Å². The van der Waals surface area contributed by atoms with Crippen LogP contribution < -0.4 is 5.32 Å². The molecule has 1 saturated carbocycles. The monoisotopic (exact) mass is 242 g/mol. The summed E-state index contributed by atoms with van der Waals surface area (Å²) in [5.74, 6) is 1.72. The van der Waals surface area contributed by atoms with Gasteiger partial charge in [0.2, 0.25) is 0 Å². The van der Waals surface area contributed by atoms with Gasteiger partial charge in [0.25, 0.3) is 0 Å².